The quantitative estimate of drug-likeness (QED) is 0.579. The molecule has 210 valence electrons. The van der Waals surface area contributed by atoms with Crippen molar-refractivity contribution >= 4 is 35.2 Å². The van der Waals surface area contributed by atoms with Crippen LogP contribution in [0.25, 0.3) is 0 Å². The lowest BCUT2D eigenvalue weighted by Crippen LogP contribution is -2.55. The molecular weight excluding hydrogens is 512 g/mol. The predicted octanol–water partition coefficient (Wildman–Crippen LogP) is 4.77. The molecule has 0 unspecified atom stereocenters. The first kappa shape index (κ1) is 26.5. The van der Waals surface area contributed by atoms with Gasteiger partial charge in [-0.3, -0.25) is 4.90 Å². The Morgan fingerprint density at radius 1 is 1.10 bits per heavy atom. The van der Waals surface area contributed by atoms with Gasteiger partial charge in [-0.2, -0.15) is 11.8 Å². The van der Waals surface area contributed by atoms with Crippen molar-refractivity contribution in [2.24, 2.45) is 0 Å². The highest BCUT2D eigenvalue weighted by Crippen LogP contribution is 2.42. The van der Waals surface area contributed by atoms with Gasteiger partial charge < -0.3 is 24.6 Å². The number of nitrogens with one attached hydrogen (secondary N) is 1. The monoisotopic (exact) mass is 552 g/mol. The molecule has 4 aliphatic rings. The van der Waals surface area contributed by atoms with Crippen molar-refractivity contribution in [2.75, 3.05) is 61.0 Å². The average Bonchev–Trinajstić information content (AvgIpc) is 3.07. The fraction of sp³-hybridized carbons (Fsp3) is 0.621. The van der Waals surface area contributed by atoms with E-state index in [4.69, 9.17) is 9.47 Å². The number of aryl methyl sites for hydroxylation is 1. The molecular formula is C29H40N6O3S. The Hall–Kier alpha value is -2.72. The number of amides is 1. The number of hydrogen-bond donors (Lipinski definition) is 1. The summed E-state index contributed by atoms with van der Waals surface area (Å²) < 4.78 is 11.9. The van der Waals surface area contributed by atoms with E-state index >= 15 is 0 Å². The summed E-state index contributed by atoms with van der Waals surface area (Å²) in [7, 11) is 0. The van der Waals surface area contributed by atoms with Crippen LogP contribution in [0.2, 0.25) is 0 Å². The Morgan fingerprint density at radius 3 is 2.56 bits per heavy atom. The molecule has 0 spiro atoms. The number of likely N-dealkylation sites (tertiary alicyclic amines) is 2. The second-order valence-corrected chi connectivity index (χ2v) is 13.3. The number of anilines is 3. The summed E-state index contributed by atoms with van der Waals surface area (Å²) in [6, 6.07) is 5.07. The summed E-state index contributed by atoms with van der Waals surface area (Å²) in [6.07, 6.45) is 3.48. The van der Waals surface area contributed by atoms with Crippen LogP contribution in [-0.2, 0) is 11.3 Å². The minimum atomic E-state index is -0.450. The van der Waals surface area contributed by atoms with E-state index in [0.29, 0.717) is 18.6 Å². The topological polar surface area (TPSA) is 83.1 Å². The first-order valence-electron chi connectivity index (χ1n) is 14.2. The van der Waals surface area contributed by atoms with Crippen LogP contribution in [0.3, 0.4) is 0 Å². The van der Waals surface area contributed by atoms with Gasteiger partial charge in [0.15, 0.2) is 0 Å². The highest BCUT2D eigenvalue weighted by molar-refractivity contribution is 7.99. The molecule has 3 fully saturated rings. The van der Waals surface area contributed by atoms with E-state index < -0.39 is 5.60 Å². The van der Waals surface area contributed by atoms with Crippen molar-refractivity contribution < 1.29 is 14.3 Å². The van der Waals surface area contributed by atoms with Crippen molar-refractivity contribution in [3.63, 3.8) is 0 Å². The van der Waals surface area contributed by atoms with Crippen LogP contribution in [0.1, 0.15) is 56.2 Å². The summed E-state index contributed by atoms with van der Waals surface area (Å²) in [6.45, 7) is 14.0. The Labute approximate surface area is 235 Å². The predicted molar refractivity (Wildman–Crippen MR) is 156 cm³/mol. The number of nitrogens with zero attached hydrogens (tertiary/aromatic N) is 5. The maximum Gasteiger partial charge on any atom is 0.410 e. The number of thioether (sulfide) groups is 1. The zero-order chi connectivity index (χ0) is 27.1. The zero-order valence-corrected chi connectivity index (χ0v) is 24.4. The Kier molecular flexibility index (Phi) is 7.26. The van der Waals surface area contributed by atoms with Crippen LogP contribution in [0.4, 0.5) is 22.1 Å². The molecule has 9 nitrogen and oxygen atoms in total. The second kappa shape index (κ2) is 10.7. The lowest BCUT2D eigenvalue weighted by Gasteiger charge is -2.47. The highest BCUT2D eigenvalue weighted by atomic mass is 32.2. The molecule has 0 saturated carbocycles. The Morgan fingerprint density at radius 2 is 1.85 bits per heavy atom. The van der Waals surface area contributed by atoms with Gasteiger partial charge in [0.25, 0.3) is 0 Å². The Balaban J connectivity index is 1.10. The number of hydrogen-bond acceptors (Lipinski definition) is 9. The van der Waals surface area contributed by atoms with E-state index in [-0.39, 0.29) is 6.09 Å². The highest BCUT2D eigenvalue weighted by Gasteiger charge is 2.37. The molecule has 10 heteroatoms. The maximum absolute atomic E-state index is 12.4. The smallest absolute Gasteiger partial charge is 0.410 e. The van der Waals surface area contributed by atoms with Gasteiger partial charge >= 0.3 is 6.09 Å². The van der Waals surface area contributed by atoms with Crippen molar-refractivity contribution in [2.45, 2.75) is 64.7 Å². The van der Waals surface area contributed by atoms with Crippen molar-refractivity contribution in [1.29, 1.82) is 0 Å². The summed E-state index contributed by atoms with van der Waals surface area (Å²) in [5, 5.41) is 3.60. The minimum Gasteiger partial charge on any atom is -0.486 e. The normalized spacial score (nSPS) is 20.7. The summed E-state index contributed by atoms with van der Waals surface area (Å²) >= 11 is 1.99. The fourth-order valence-corrected chi connectivity index (χ4v) is 6.95. The van der Waals surface area contributed by atoms with E-state index in [1.807, 2.05) is 37.4 Å². The van der Waals surface area contributed by atoms with Gasteiger partial charge in [0.1, 0.15) is 35.9 Å². The first-order chi connectivity index (χ1) is 18.7. The third-order valence-electron chi connectivity index (χ3n) is 8.16. The van der Waals surface area contributed by atoms with Crippen molar-refractivity contribution in [3.8, 4) is 5.75 Å². The summed E-state index contributed by atoms with van der Waals surface area (Å²) in [5.41, 5.74) is 4.07. The van der Waals surface area contributed by atoms with E-state index in [1.165, 1.54) is 5.56 Å². The number of benzene rings is 1. The van der Waals surface area contributed by atoms with E-state index in [1.54, 1.807) is 6.33 Å². The lowest BCUT2D eigenvalue weighted by atomic mass is 9.87. The molecule has 1 amide bonds. The minimum absolute atomic E-state index is 0.188. The molecule has 1 aromatic carbocycles. The molecule has 2 aromatic rings. The molecule has 6 rings (SSSR count). The lowest BCUT2D eigenvalue weighted by molar-refractivity contribution is 0.00591. The maximum atomic E-state index is 12.4. The van der Waals surface area contributed by atoms with Crippen LogP contribution in [-0.4, -0.2) is 88.3 Å². The van der Waals surface area contributed by atoms with Crippen LogP contribution >= 0.6 is 11.8 Å². The van der Waals surface area contributed by atoms with Gasteiger partial charge in [-0.25, -0.2) is 14.8 Å². The molecule has 0 aliphatic carbocycles. The summed E-state index contributed by atoms with van der Waals surface area (Å²) in [4.78, 5) is 28.5. The standard InChI is InChI=1S/C29H40N6O3S/c1-19-13-20(21-15-35(16-21)22-5-7-34(8-6-22)28(36)38-29(2,3)4)14-24-25(19)37-17-23-26(32-24)30-18-31-27(23)33-9-11-39-12-10-33/h13-14,18,21-22H,5-12,15-17H2,1-4H3,(H,30,31,32). The second-order valence-electron chi connectivity index (χ2n) is 12.1. The van der Waals surface area contributed by atoms with Crippen LogP contribution < -0.4 is 15.0 Å². The molecule has 1 aromatic heterocycles. The molecule has 5 heterocycles. The molecule has 1 N–H and O–H groups in total. The number of aromatic nitrogens is 2. The van der Waals surface area contributed by atoms with Gasteiger partial charge in [0, 0.05) is 62.7 Å². The average molecular weight is 553 g/mol. The van der Waals surface area contributed by atoms with Crippen LogP contribution in [0, 0.1) is 6.92 Å². The largest absolute Gasteiger partial charge is 0.486 e. The number of carbonyl (C=O) groups is 1. The molecule has 4 aliphatic heterocycles. The van der Waals surface area contributed by atoms with Gasteiger partial charge in [0.05, 0.1) is 11.3 Å². The van der Waals surface area contributed by atoms with E-state index in [0.717, 1.165) is 97.8 Å². The van der Waals surface area contributed by atoms with Gasteiger partial charge in [0.2, 0.25) is 0 Å². The number of rotatable bonds is 3. The first-order valence-corrected chi connectivity index (χ1v) is 15.3. The third-order valence-corrected chi connectivity index (χ3v) is 9.10. The van der Waals surface area contributed by atoms with E-state index in [2.05, 4.69) is 44.1 Å². The van der Waals surface area contributed by atoms with Gasteiger partial charge in [-0.1, -0.05) is 6.07 Å². The zero-order valence-electron chi connectivity index (χ0n) is 23.5. The number of ether oxygens (including phenoxy) is 2. The van der Waals surface area contributed by atoms with Crippen molar-refractivity contribution in [3.05, 3.63) is 35.2 Å². The van der Waals surface area contributed by atoms with Gasteiger partial charge in [-0.15, -0.1) is 0 Å². The fourth-order valence-electron chi connectivity index (χ4n) is 6.05. The van der Waals surface area contributed by atoms with Crippen LogP contribution in [0.15, 0.2) is 18.5 Å². The number of piperidine rings is 1. The Bertz CT molecular complexity index is 1210. The molecule has 3 saturated heterocycles. The molecule has 0 radical (unpaired) electrons. The number of carbonyl (C=O) groups excluding carboxylic acids is 1. The van der Waals surface area contributed by atoms with E-state index in [9.17, 15) is 4.79 Å². The molecule has 0 bridgehead atoms. The van der Waals surface area contributed by atoms with Gasteiger partial charge in [-0.05, 0) is 57.7 Å². The molecule has 39 heavy (non-hydrogen) atoms. The molecule has 0 atom stereocenters. The van der Waals surface area contributed by atoms with Crippen molar-refractivity contribution in [1.82, 2.24) is 19.8 Å². The number of fused-ring (bicyclic) bond motifs is 2. The summed E-state index contributed by atoms with van der Waals surface area (Å²) in [5.74, 6) is 5.48. The third kappa shape index (κ3) is 5.63. The SMILES string of the molecule is Cc1cc(C2CN(C3CCN(C(=O)OC(C)(C)C)CC3)C2)cc2c1OCc1c(ncnc1N1CCSCC1)N2. The van der Waals surface area contributed by atoms with Crippen LogP contribution in [0.5, 0.6) is 5.75 Å².